The van der Waals surface area contributed by atoms with E-state index in [9.17, 15) is 4.79 Å². The summed E-state index contributed by atoms with van der Waals surface area (Å²) in [5.74, 6) is -0.421. The van der Waals surface area contributed by atoms with Crippen molar-refractivity contribution in [1.29, 1.82) is 0 Å². The van der Waals surface area contributed by atoms with Crippen LogP contribution in [-0.4, -0.2) is 32.6 Å². The molecule has 0 spiro atoms. The summed E-state index contributed by atoms with van der Waals surface area (Å²) >= 11 is 0. The lowest BCUT2D eigenvalue weighted by atomic mass is 10.2. The molecule has 0 aliphatic carbocycles. The molecule has 2 aromatic heterocycles. The maximum atomic E-state index is 11.6. The average Bonchev–Trinajstić information content (AvgIpc) is 2.79. The number of nitrogens with zero attached hydrogens (tertiary/aromatic N) is 4. The number of esters is 1. The van der Waals surface area contributed by atoms with Gasteiger partial charge in [-0.05, 0) is 38.0 Å². The summed E-state index contributed by atoms with van der Waals surface area (Å²) in [5, 5.41) is 7.86. The van der Waals surface area contributed by atoms with Gasteiger partial charge in [0.2, 0.25) is 0 Å². The quantitative estimate of drug-likeness (QED) is 0.760. The van der Waals surface area contributed by atoms with Gasteiger partial charge in [-0.3, -0.25) is 4.98 Å². The molecule has 0 amide bonds. The smallest absolute Gasteiger partial charge is 0.360 e. The number of hydrogen-bond donors (Lipinski definition) is 0. The van der Waals surface area contributed by atoms with E-state index in [1.165, 1.54) is 5.56 Å². The number of ether oxygens (including phenoxy) is 1. The Morgan fingerprint density at radius 3 is 2.79 bits per heavy atom. The van der Waals surface area contributed by atoms with E-state index in [4.69, 9.17) is 4.74 Å². The molecule has 0 bridgehead atoms. The first-order valence-corrected chi connectivity index (χ1v) is 6.18. The normalized spacial score (nSPS) is 10.4. The fourth-order valence-corrected chi connectivity index (χ4v) is 1.75. The molecule has 0 saturated carbocycles. The van der Waals surface area contributed by atoms with Crippen molar-refractivity contribution in [1.82, 2.24) is 20.0 Å². The lowest BCUT2D eigenvalue weighted by Crippen LogP contribution is -2.09. The van der Waals surface area contributed by atoms with Crippen molar-refractivity contribution in [3.8, 4) is 0 Å². The van der Waals surface area contributed by atoms with Crippen LogP contribution >= 0.6 is 0 Å². The Morgan fingerprint density at radius 2 is 2.11 bits per heavy atom. The predicted molar refractivity (Wildman–Crippen MR) is 68.7 cm³/mol. The Bertz CT molecular complexity index is 551. The van der Waals surface area contributed by atoms with Crippen LogP contribution in [0.25, 0.3) is 0 Å². The van der Waals surface area contributed by atoms with Crippen molar-refractivity contribution in [2.75, 3.05) is 6.61 Å². The minimum Gasteiger partial charge on any atom is -0.461 e. The SMILES string of the molecule is CCOC(=O)c1nnn(CCc2ccncc2)c1C. The summed E-state index contributed by atoms with van der Waals surface area (Å²) in [5.41, 5.74) is 2.19. The molecule has 0 atom stereocenters. The lowest BCUT2D eigenvalue weighted by molar-refractivity contribution is 0.0518. The number of aryl methyl sites for hydroxylation is 2. The molecule has 19 heavy (non-hydrogen) atoms. The van der Waals surface area contributed by atoms with E-state index >= 15 is 0 Å². The fraction of sp³-hybridized carbons (Fsp3) is 0.385. The first kappa shape index (κ1) is 13.2. The second-order valence-corrected chi connectivity index (χ2v) is 4.07. The van der Waals surface area contributed by atoms with Gasteiger partial charge in [0.05, 0.1) is 12.3 Å². The maximum Gasteiger partial charge on any atom is 0.360 e. The maximum absolute atomic E-state index is 11.6. The van der Waals surface area contributed by atoms with Crippen molar-refractivity contribution in [2.24, 2.45) is 0 Å². The molecule has 0 saturated heterocycles. The van der Waals surface area contributed by atoms with Crippen LogP contribution in [0.15, 0.2) is 24.5 Å². The topological polar surface area (TPSA) is 69.9 Å². The molecule has 0 unspecified atom stereocenters. The number of aromatic nitrogens is 4. The average molecular weight is 260 g/mol. The van der Waals surface area contributed by atoms with E-state index in [2.05, 4.69) is 15.3 Å². The van der Waals surface area contributed by atoms with Crippen LogP contribution in [0.4, 0.5) is 0 Å². The van der Waals surface area contributed by atoms with Gasteiger partial charge in [0.1, 0.15) is 0 Å². The zero-order valence-corrected chi connectivity index (χ0v) is 11.0. The van der Waals surface area contributed by atoms with Gasteiger partial charge in [0.15, 0.2) is 5.69 Å². The summed E-state index contributed by atoms with van der Waals surface area (Å²) in [4.78, 5) is 15.6. The summed E-state index contributed by atoms with van der Waals surface area (Å²) in [6.07, 6.45) is 4.33. The van der Waals surface area contributed by atoms with Crippen molar-refractivity contribution >= 4 is 5.97 Å². The van der Waals surface area contributed by atoms with Gasteiger partial charge in [0, 0.05) is 18.9 Å². The highest BCUT2D eigenvalue weighted by atomic mass is 16.5. The second-order valence-electron chi connectivity index (χ2n) is 4.07. The molecular weight excluding hydrogens is 244 g/mol. The van der Waals surface area contributed by atoms with Crippen molar-refractivity contribution in [3.05, 3.63) is 41.5 Å². The van der Waals surface area contributed by atoms with Crippen LogP contribution in [-0.2, 0) is 17.7 Å². The lowest BCUT2D eigenvalue weighted by Gasteiger charge is -2.04. The van der Waals surface area contributed by atoms with E-state index in [1.807, 2.05) is 19.1 Å². The number of carbonyl (C=O) groups excluding carboxylic acids is 1. The Labute approximate surface area is 111 Å². The number of pyridine rings is 1. The molecule has 6 nitrogen and oxygen atoms in total. The van der Waals surface area contributed by atoms with Crippen LogP contribution in [0.2, 0.25) is 0 Å². The van der Waals surface area contributed by atoms with E-state index in [-0.39, 0.29) is 5.69 Å². The Balaban J connectivity index is 2.04. The number of hydrogen-bond acceptors (Lipinski definition) is 5. The number of rotatable bonds is 5. The van der Waals surface area contributed by atoms with Crippen molar-refractivity contribution in [2.45, 2.75) is 26.8 Å². The molecule has 0 radical (unpaired) electrons. The summed E-state index contributed by atoms with van der Waals surface area (Å²) in [6, 6.07) is 3.91. The largest absolute Gasteiger partial charge is 0.461 e. The minimum atomic E-state index is -0.421. The van der Waals surface area contributed by atoms with E-state index < -0.39 is 5.97 Å². The van der Waals surface area contributed by atoms with Gasteiger partial charge in [-0.2, -0.15) is 0 Å². The Morgan fingerprint density at radius 1 is 1.37 bits per heavy atom. The monoisotopic (exact) mass is 260 g/mol. The molecule has 2 heterocycles. The Hall–Kier alpha value is -2.24. The molecule has 0 aliphatic rings. The van der Waals surface area contributed by atoms with Crippen LogP contribution < -0.4 is 0 Å². The second kappa shape index (κ2) is 6.08. The Kier molecular flexibility index (Phi) is 4.22. The standard InChI is InChI=1S/C13H16N4O2/c1-3-19-13(18)12-10(2)17(16-15-12)9-6-11-4-7-14-8-5-11/h4-5,7-8H,3,6,9H2,1-2H3. The highest BCUT2D eigenvalue weighted by Gasteiger charge is 2.17. The van der Waals surface area contributed by atoms with E-state index in [0.717, 1.165) is 12.1 Å². The first-order valence-electron chi connectivity index (χ1n) is 6.18. The van der Waals surface area contributed by atoms with Crippen molar-refractivity contribution in [3.63, 3.8) is 0 Å². The van der Waals surface area contributed by atoms with Crippen LogP contribution in [0.5, 0.6) is 0 Å². The predicted octanol–water partition coefficient (Wildman–Crippen LogP) is 1.40. The van der Waals surface area contributed by atoms with Gasteiger partial charge in [-0.1, -0.05) is 5.21 Å². The highest BCUT2D eigenvalue weighted by Crippen LogP contribution is 2.07. The van der Waals surface area contributed by atoms with Gasteiger partial charge < -0.3 is 4.74 Å². The van der Waals surface area contributed by atoms with Crippen molar-refractivity contribution < 1.29 is 9.53 Å². The third-order valence-electron chi connectivity index (χ3n) is 2.81. The van der Waals surface area contributed by atoms with Crippen LogP contribution in [0, 0.1) is 6.92 Å². The summed E-state index contributed by atoms with van der Waals surface area (Å²) < 4.78 is 6.64. The number of carbonyl (C=O) groups is 1. The van der Waals surface area contributed by atoms with Gasteiger partial charge in [-0.15, -0.1) is 5.10 Å². The van der Waals surface area contributed by atoms with Gasteiger partial charge in [-0.25, -0.2) is 9.48 Å². The third kappa shape index (κ3) is 3.15. The third-order valence-corrected chi connectivity index (χ3v) is 2.81. The van der Waals surface area contributed by atoms with E-state index in [0.29, 0.717) is 13.2 Å². The zero-order chi connectivity index (χ0) is 13.7. The van der Waals surface area contributed by atoms with Gasteiger partial charge >= 0.3 is 5.97 Å². The summed E-state index contributed by atoms with van der Waals surface area (Å²) in [7, 11) is 0. The van der Waals surface area contributed by atoms with Gasteiger partial charge in [0.25, 0.3) is 0 Å². The minimum absolute atomic E-state index is 0.288. The first-order chi connectivity index (χ1) is 9.22. The molecule has 2 aromatic rings. The van der Waals surface area contributed by atoms with Crippen LogP contribution in [0.1, 0.15) is 28.7 Å². The fourth-order valence-electron chi connectivity index (χ4n) is 1.75. The van der Waals surface area contributed by atoms with E-state index in [1.54, 1.807) is 24.0 Å². The molecule has 6 heteroatoms. The molecule has 0 aliphatic heterocycles. The highest BCUT2D eigenvalue weighted by molar-refractivity contribution is 5.88. The molecule has 0 N–H and O–H groups in total. The molecule has 0 fully saturated rings. The molecular formula is C13H16N4O2. The molecule has 100 valence electrons. The van der Waals surface area contributed by atoms with Crippen LogP contribution in [0.3, 0.4) is 0 Å². The molecule has 2 rings (SSSR count). The summed E-state index contributed by atoms with van der Waals surface area (Å²) in [6.45, 7) is 4.59. The molecule has 0 aromatic carbocycles. The zero-order valence-electron chi connectivity index (χ0n) is 11.0.